The van der Waals surface area contributed by atoms with E-state index < -0.39 is 0 Å². The summed E-state index contributed by atoms with van der Waals surface area (Å²) >= 11 is 0. The van der Waals surface area contributed by atoms with Crippen LogP contribution in [0.15, 0.2) is 16.8 Å². The Morgan fingerprint density at radius 1 is 1.40 bits per heavy atom. The van der Waals surface area contributed by atoms with Crippen LogP contribution in [0.5, 0.6) is 0 Å². The Balaban J connectivity index is 4.20. The molecular formula is C8H15NO. The Labute approximate surface area is 62.2 Å². The zero-order valence-corrected chi connectivity index (χ0v) is 7.05. The maximum absolute atomic E-state index is 8.11. The standard InChI is InChI=1S/C8H15NO/c1-7(5-6-9-10)8(2,3)4/h5-6,10H,1-4H3/b7-5+,9-6+. The van der Waals surface area contributed by atoms with Crippen LogP contribution < -0.4 is 0 Å². The van der Waals surface area contributed by atoms with Crippen LogP contribution in [0.2, 0.25) is 0 Å². The molecule has 0 unspecified atom stereocenters. The van der Waals surface area contributed by atoms with Gasteiger partial charge in [0, 0.05) is 0 Å². The van der Waals surface area contributed by atoms with E-state index in [1.807, 2.05) is 6.92 Å². The summed E-state index contributed by atoms with van der Waals surface area (Å²) in [5.41, 5.74) is 1.37. The van der Waals surface area contributed by atoms with E-state index in [0.29, 0.717) is 0 Å². The maximum atomic E-state index is 8.11. The van der Waals surface area contributed by atoms with Gasteiger partial charge in [-0.25, -0.2) is 0 Å². The third-order valence-corrected chi connectivity index (χ3v) is 1.57. The van der Waals surface area contributed by atoms with Crippen molar-refractivity contribution in [2.45, 2.75) is 27.7 Å². The van der Waals surface area contributed by atoms with E-state index in [1.54, 1.807) is 6.08 Å². The van der Waals surface area contributed by atoms with E-state index in [-0.39, 0.29) is 5.41 Å². The second-order valence-electron chi connectivity index (χ2n) is 3.36. The molecule has 10 heavy (non-hydrogen) atoms. The molecule has 0 aromatic heterocycles. The smallest absolute Gasteiger partial charge is 0.0661 e. The molecule has 0 heterocycles. The summed E-state index contributed by atoms with van der Waals surface area (Å²) in [6.07, 6.45) is 3.20. The van der Waals surface area contributed by atoms with Crippen LogP contribution in [-0.4, -0.2) is 11.4 Å². The first-order chi connectivity index (χ1) is 4.48. The molecular weight excluding hydrogens is 126 g/mol. The predicted molar refractivity (Wildman–Crippen MR) is 43.5 cm³/mol. The molecule has 0 saturated carbocycles. The van der Waals surface area contributed by atoms with Crippen LogP contribution in [-0.2, 0) is 0 Å². The van der Waals surface area contributed by atoms with Gasteiger partial charge in [-0.2, -0.15) is 0 Å². The van der Waals surface area contributed by atoms with Crippen molar-refractivity contribution in [1.82, 2.24) is 0 Å². The van der Waals surface area contributed by atoms with E-state index in [1.165, 1.54) is 11.8 Å². The van der Waals surface area contributed by atoms with Crippen LogP contribution in [0.3, 0.4) is 0 Å². The van der Waals surface area contributed by atoms with E-state index in [4.69, 9.17) is 5.21 Å². The van der Waals surface area contributed by atoms with Crippen molar-refractivity contribution < 1.29 is 5.21 Å². The van der Waals surface area contributed by atoms with Gasteiger partial charge in [0.1, 0.15) is 0 Å². The van der Waals surface area contributed by atoms with Crippen molar-refractivity contribution >= 4 is 6.21 Å². The molecule has 0 aliphatic rings. The zero-order valence-electron chi connectivity index (χ0n) is 7.05. The molecule has 0 fully saturated rings. The number of oxime groups is 1. The van der Waals surface area contributed by atoms with Gasteiger partial charge in [0.05, 0.1) is 6.21 Å². The molecule has 0 atom stereocenters. The molecule has 0 amide bonds. The topological polar surface area (TPSA) is 32.6 Å². The lowest BCUT2D eigenvalue weighted by atomic mass is 9.88. The summed E-state index contributed by atoms with van der Waals surface area (Å²) in [6.45, 7) is 8.36. The van der Waals surface area contributed by atoms with Crippen molar-refractivity contribution in [2.75, 3.05) is 0 Å². The fourth-order valence-electron chi connectivity index (χ4n) is 0.395. The fraction of sp³-hybridized carbons (Fsp3) is 0.625. The van der Waals surface area contributed by atoms with E-state index >= 15 is 0 Å². The lowest BCUT2D eigenvalue weighted by Crippen LogP contribution is -2.06. The van der Waals surface area contributed by atoms with E-state index in [9.17, 15) is 0 Å². The van der Waals surface area contributed by atoms with Crippen molar-refractivity contribution in [3.63, 3.8) is 0 Å². The Bertz CT molecular complexity index is 151. The molecule has 0 spiro atoms. The van der Waals surface area contributed by atoms with Gasteiger partial charge in [-0.1, -0.05) is 31.5 Å². The maximum Gasteiger partial charge on any atom is 0.0661 e. The number of hydrogen-bond donors (Lipinski definition) is 1. The van der Waals surface area contributed by atoms with Gasteiger partial charge in [0.15, 0.2) is 0 Å². The Kier molecular flexibility index (Phi) is 3.13. The van der Waals surface area contributed by atoms with Gasteiger partial charge < -0.3 is 5.21 Å². The minimum absolute atomic E-state index is 0.168. The molecule has 2 heteroatoms. The molecule has 0 aromatic carbocycles. The quantitative estimate of drug-likeness (QED) is 0.339. The second-order valence-corrected chi connectivity index (χ2v) is 3.36. The summed E-state index contributed by atoms with van der Waals surface area (Å²) in [7, 11) is 0. The molecule has 2 nitrogen and oxygen atoms in total. The molecule has 0 aromatic rings. The number of hydrogen-bond acceptors (Lipinski definition) is 2. The predicted octanol–water partition coefficient (Wildman–Crippen LogP) is 2.44. The van der Waals surface area contributed by atoms with E-state index in [2.05, 4.69) is 25.9 Å². The van der Waals surface area contributed by atoms with Gasteiger partial charge in [0.25, 0.3) is 0 Å². The normalized spacial score (nSPS) is 14.6. The highest BCUT2D eigenvalue weighted by Gasteiger charge is 2.10. The van der Waals surface area contributed by atoms with Crippen molar-refractivity contribution in [3.8, 4) is 0 Å². The second kappa shape index (κ2) is 3.40. The summed E-state index contributed by atoms with van der Waals surface area (Å²) in [6, 6.07) is 0. The molecule has 0 aliphatic heterocycles. The summed E-state index contributed by atoms with van der Waals surface area (Å²) < 4.78 is 0. The molecule has 0 bridgehead atoms. The van der Waals surface area contributed by atoms with Crippen LogP contribution >= 0.6 is 0 Å². The Hall–Kier alpha value is -0.790. The average molecular weight is 141 g/mol. The first-order valence-corrected chi connectivity index (χ1v) is 3.33. The third kappa shape index (κ3) is 3.28. The lowest BCUT2D eigenvalue weighted by molar-refractivity contribution is 0.322. The molecule has 58 valence electrons. The Morgan fingerprint density at radius 3 is 2.20 bits per heavy atom. The van der Waals surface area contributed by atoms with Crippen LogP contribution in [0.25, 0.3) is 0 Å². The van der Waals surface area contributed by atoms with Crippen LogP contribution in [0, 0.1) is 5.41 Å². The number of allylic oxidation sites excluding steroid dienone is 2. The summed E-state index contributed by atoms with van der Waals surface area (Å²) in [5, 5.41) is 11.0. The van der Waals surface area contributed by atoms with Crippen LogP contribution in [0.1, 0.15) is 27.7 Å². The molecule has 0 aliphatic carbocycles. The largest absolute Gasteiger partial charge is 0.411 e. The molecule has 0 rings (SSSR count). The minimum atomic E-state index is 0.168. The van der Waals surface area contributed by atoms with Gasteiger partial charge in [0.2, 0.25) is 0 Å². The molecule has 0 radical (unpaired) electrons. The minimum Gasteiger partial charge on any atom is -0.411 e. The summed E-state index contributed by atoms with van der Waals surface area (Å²) in [4.78, 5) is 0. The van der Waals surface area contributed by atoms with Gasteiger partial charge in [-0.3, -0.25) is 0 Å². The highest BCUT2D eigenvalue weighted by molar-refractivity contribution is 5.71. The number of nitrogens with zero attached hydrogens (tertiary/aromatic N) is 1. The van der Waals surface area contributed by atoms with Gasteiger partial charge in [-0.15, -0.1) is 0 Å². The fourth-order valence-corrected chi connectivity index (χ4v) is 0.395. The zero-order chi connectivity index (χ0) is 8.20. The highest BCUT2D eigenvalue weighted by Crippen LogP contribution is 2.23. The molecule has 1 N–H and O–H groups in total. The third-order valence-electron chi connectivity index (χ3n) is 1.57. The lowest BCUT2D eigenvalue weighted by Gasteiger charge is -2.18. The van der Waals surface area contributed by atoms with Crippen molar-refractivity contribution in [2.24, 2.45) is 10.6 Å². The highest BCUT2D eigenvalue weighted by atomic mass is 16.4. The van der Waals surface area contributed by atoms with Gasteiger partial charge in [-0.05, 0) is 18.4 Å². The van der Waals surface area contributed by atoms with Crippen molar-refractivity contribution in [1.29, 1.82) is 0 Å². The first-order valence-electron chi connectivity index (χ1n) is 3.33. The summed E-state index contributed by atoms with van der Waals surface area (Å²) in [5.74, 6) is 0. The average Bonchev–Trinajstić information content (AvgIpc) is 1.80. The van der Waals surface area contributed by atoms with Gasteiger partial charge >= 0.3 is 0 Å². The van der Waals surface area contributed by atoms with E-state index in [0.717, 1.165) is 0 Å². The number of rotatable bonds is 1. The SMILES string of the molecule is C/C(=C\C=N\O)C(C)(C)C. The molecule has 0 saturated heterocycles. The van der Waals surface area contributed by atoms with Crippen LogP contribution in [0.4, 0.5) is 0 Å². The van der Waals surface area contributed by atoms with Crippen molar-refractivity contribution in [3.05, 3.63) is 11.6 Å². The first kappa shape index (κ1) is 9.21. The Morgan fingerprint density at radius 2 is 1.90 bits per heavy atom. The monoisotopic (exact) mass is 141 g/mol.